The third kappa shape index (κ3) is 8.56. The van der Waals surface area contributed by atoms with Crippen molar-refractivity contribution in [3.63, 3.8) is 0 Å². The quantitative estimate of drug-likeness (QED) is 0.317. The van der Waals surface area contributed by atoms with Gasteiger partial charge in [-0.1, -0.05) is 13.8 Å². The smallest absolute Gasteiger partial charge is 0.319 e. The number of methoxy groups -OCH3 is 1. The number of amides is 1. The fourth-order valence-corrected chi connectivity index (χ4v) is 8.25. The van der Waals surface area contributed by atoms with Gasteiger partial charge in [0, 0.05) is 50.7 Å². The first kappa shape index (κ1) is 38.1. The third-order valence-corrected chi connectivity index (χ3v) is 11.3. The molecule has 0 aromatic rings. The Labute approximate surface area is 282 Å². The molecule has 9 atom stereocenters. The van der Waals surface area contributed by atoms with Crippen molar-refractivity contribution in [1.82, 2.24) is 19.6 Å². The molecule has 4 saturated heterocycles. The van der Waals surface area contributed by atoms with Crippen LogP contribution < -0.4 is 0 Å². The Balaban J connectivity index is 1.57. The van der Waals surface area contributed by atoms with Crippen LogP contribution in [0.15, 0.2) is 0 Å². The number of aliphatic hydroxyl groups excluding tert-OH is 1. The summed E-state index contributed by atoms with van der Waals surface area (Å²) in [5.74, 6) is -1.29. The molecule has 0 saturated carbocycles. The van der Waals surface area contributed by atoms with Crippen LogP contribution in [0.3, 0.4) is 0 Å². The van der Waals surface area contributed by atoms with Crippen molar-refractivity contribution in [3.05, 3.63) is 0 Å². The van der Waals surface area contributed by atoms with E-state index < -0.39 is 41.4 Å². The molecule has 12 nitrogen and oxygen atoms in total. The maximum absolute atomic E-state index is 14.2. The van der Waals surface area contributed by atoms with E-state index in [9.17, 15) is 19.5 Å². The number of carbonyl (C=O) groups is 3. The number of hydrogen-bond acceptors (Lipinski definition) is 11. The van der Waals surface area contributed by atoms with Crippen LogP contribution in [0.2, 0.25) is 0 Å². The summed E-state index contributed by atoms with van der Waals surface area (Å²) < 4.78 is 24.9. The van der Waals surface area contributed by atoms with Gasteiger partial charge < -0.3 is 33.9 Å². The van der Waals surface area contributed by atoms with E-state index in [1.165, 1.54) is 0 Å². The highest BCUT2D eigenvalue weighted by Gasteiger charge is 2.52. The lowest BCUT2D eigenvalue weighted by Crippen LogP contribution is -2.61. The van der Waals surface area contributed by atoms with Crippen molar-refractivity contribution in [2.24, 2.45) is 23.2 Å². The molecule has 0 aromatic carbocycles. The average Bonchev–Trinajstić information content (AvgIpc) is 3.49. The molecule has 4 heterocycles. The second-order valence-electron chi connectivity index (χ2n) is 15.9. The zero-order valence-electron chi connectivity index (χ0n) is 30.6. The molecule has 4 aliphatic heterocycles. The van der Waals surface area contributed by atoms with E-state index in [2.05, 4.69) is 16.7 Å². The van der Waals surface area contributed by atoms with Crippen LogP contribution >= 0.6 is 0 Å². The van der Waals surface area contributed by atoms with Crippen molar-refractivity contribution >= 4 is 17.7 Å². The van der Waals surface area contributed by atoms with Gasteiger partial charge in [-0.05, 0) is 93.5 Å². The van der Waals surface area contributed by atoms with Gasteiger partial charge in [0.15, 0.2) is 12.1 Å². The number of ether oxygens (including phenoxy) is 4. The Hall–Kier alpha value is -1.67. The average molecular weight is 667 g/mol. The summed E-state index contributed by atoms with van der Waals surface area (Å²) in [7, 11) is 7.49. The molecular weight excluding hydrogens is 604 g/mol. The molecule has 270 valence electrons. The number of cyclic esters (lactones) is 1. The van der Waals surface area contributed by atoms with Crippen LogP contribution in [0.25, 0.3) is 0 Å². The molecule has 47 heavy (non-hydrogen) atoms. The van der Waals surface area contributed by atoms with Gasteiger partial charge in [-0.15, -0.1) is 0 Å². The summed E-state index contributed by atoms with van der Waals surface area (Å²) in [6.07, 6.45) is 0.563. The lowest BCUT2D eigenvalue weighted by atomic mass is 9.74. The van der Waals surface area contributed by atoms with Crippen molar-refractivity contribution in [3.8, 4) is 0 Å². The van der Waals surface area contributed by atoms with E-state index in [0.717, 1.165) is 25.9 Å². The Morgan fingerprint density at radius 1 is 1.06 bits per heavy atom. The van der Waals surface area contributed by atoms with Gasteiger partial charge in [0.25, 0.3) is 0 Å². The fraction of sp³-hybridized carbons (Fsp3) is 0.914. The molecule has 0 spiro atoms. The highest BCUT2D eigenvalue weighted by Crippen LogP contribution is 2.38. The van der Waals surface area contributed by atoms with E-state index in [1.807, 2.05) is 44.8 Å². The summed E-state index contributed by atoms with van der Waals surface area (Å²) in [5, 5.41) is 11.3. The van der Waals surface area contributed by atoms with Gasteiger partial charge in [-0.3, -0.25) is 24.2 Å². The van der Waals surface area contributed by atoms with Crippen LogP contribution in [0.4, 0.5) is 0 Å². The van der Waals surface area contributed by atoms with Gasteiger partial charge in [0.05, 0.1) is 24.4 Å². The van der Waals surface area contributed by atoms with Gasteiger partial charge in [-0.25, -0.2) is 0 Å². The maximum Gasteiger partial charge on any atom is 0.319 e. The predicted molar refractivity (Wildman–Crippen MR) is 178 cm³/mol. The van der Waals surface area contributed by atoms with E-state index in [4.69, 9.17) is 18.9 Å². The number of nitrogens with zero attached hydrogens (tertiary/aromatic N) is 4. The standard InChI is InChI=1S/C35H62N4O8/c1-22-16-35(6,44-10)31(47-32-29(41)26(36(7)8)15-23(2)46-32)24(3)30(42)34(4,5)33(43)45-21-27(37(9)17-22)25-18-39(19-25)28(40)20-38-13-11-12-14-38/h22-27,29,31-32,41H,11-21H2,1-10H3/t22-,23-,24+,26+,27?,29-,31-,32+,35-/m1/s1. The zero-order chi connectivity index (χ0) is 34.8. The van der Waals surface area contributed by atoms with E-state index in [1.54, 1.807) is 27.9 Å². The van der Waals surface area contributed by atoms with Crippen molar-refractivity contribution in [2.75, 3.05) is 74.1 Å². The lowest BCUT2D eigenvalue weighted by Gasteiger charge is -2.47. The number of carbonyl (C=O) groups excluding carboxylic acids is 3. The molecule has 0 radical (unpaired) electrons. The van der Waals surface area contributed by atoms with Gasteiger partial charge in [0.2, 0.25) is 5.91 Å². The Morgan fingerprint density at radius 2 is 1.70 bits per heavy atom. The first-order valence-corrected chi connectivity index (χ1v) is 17.6. The van der Waals surface area contributed by atoms with Gasteiger partial charge in [-0.2, -0.15) is 0 Å². The van der Waals surface area contributed by atoms with E-state index >= 15 is 0 Å². The number of rotatable bonds is 7. The number of likely N-dealkylation sites (tertiary alicyclic amines) is 2. The molecule has 1 amide bonds. The Bertz CT molecular complexity index is 1090. The Kier molecular flexibility index (Phi) is 12.6. The van der Waals surface area contributed by atoms with E-state index in [-0.39, 0.29) is 48.3 Å². The van der Waals surface area contributed by atoms with Crippen LogP contribution in [0, 0.1) is 23.2 Å². The second-order valence-corrected chi connectivity index (χ2v) is 15.9. The van der Waals surface area contributed by atoms with Crippen molar-refractivity contribution in [1.29, 1.82) is 0 Å². The molecule has 4 aliphatic rings. The SMILES string of the molecule is CO[C@]1(C)C[C@@H](C)CN(C)C(C2CN(C(=O)CN3CCCC3)C2)COC(=O)C(C)(C)C(=O)[C@H](C)[C@H]1O[C@@H]1O[C@H](C)C[C@H](N(C)C)[C@H]1O. The summed E-state index contributed by atoms with van der Waals surface area (Å²) in [6.45, 7) is 15.5. The highest BCUT2D eigenvalue weighted by atomic mass is 16.7. The summed E-state index contributed by atoms with van der Waals surface area (Å²) in [4.78, 5) is 49.2. The molecule has 1 N–H and O–H groups in total. The number of likely N-dealkylation sites (N-methyl/N-ethyl adjacent to an activating group) is 2. The molecular formula is C35H62N4O8. The molecule has 4 fully saturated rings. The van der Waals surface area contributed by atoms with Crippen LogP contribution in [-0.2, 0) is 33.3 Å². The van der Waals surface area contributed by atoms with Gasteiger partial charge >= 0.3 is 5.97 Å². The number of hydrogen-bond donors (Lipinski definition) is 1. The highest BCUT2D eigenvalue weighted by molar-refractivity contribution is 6.04. The first-order valence-electron chi connectivity index (χ1n) is 17.6. The minimum absolute atomic E-state index is 0.101. The monoisotopic (exact) mass is 666 g/mol. The predicted octanol–water partition coefficient (Wildman–Crippen LogP) is 1.87. The third-order valence-electron chi connectivity index (χ3n) is 11.3. The maximum atomic E-state index is 14.2. The molecule has 0 aromatic heterocycles. The zero-order valence-corrected chi connectivity index (χ0v) is 30.6. The van der Waals surface area contributed by atoms with Gasteiger partial charge in [0.1, 0.15) is 18.1 Å². The summed E-state index contributed by atoms with van der Waals surface area (Å²) in [5.41, 5.74) is -2.41. The summed E-state index contributed by atoms with van der Waals surface area (Å²) in [6, 6.07) is -0.301. The Morgan fingerprint density at radius 3 is 2.30 bits per heavy atom. The van der Waals surface area contributed by atoms with E-state index in [0.29, 0.717) is 39.0 Å². The van der Waals surface area contributed by atoms with Crippen molar-refractivity contribution in [2.45, 2.75) is 110 Å². The van der Waals surface area contributed by atoms with Crippen LogP contribution in [0.5, 0.6) is 0 Å². The molecule has 4 rings (SSSR count). The number of aliphatic hydroxyl groups is 1. The molecule has 12 heteroatoms. The summed E-state index contributed by atoms with van der Waals surface area (Å²) >= 11 is 0. The van der Waals surface area contributed by atoms with Crippen LogP contribution in [0.1, 0.15) is 67.2 Å². The topological polar surface area (TPSA) is 121 Å². The fourth-order valence-electron chi connectivity index (χ4n) is 8.25. The first-order chi connectivity index (χ1) is 22.0. The lowest BCUT2D eigenvalue weighted by molar-refractivity contribution is -0.295. The number of esters is 1. The molecule has 0 aliphatic carbocycles. The van der Waals surface area contributed by atoms with Crippen LogP contribution in [-0.4, -0.2) is 159 Å². The minimum atomic E-state index is -1.46. The normalized spacial score (nSPS) is 38.8. The molecule has 1 unspecified atom stereocenters. The van der Waals surface area contributed by atoms with Crippen molar-refractivity contribution < 1.29 is 38.4 Å². The largest absolute Gasteiger partial charge is 0.463 e. The number of ketones is 1. The second kappa shape index (κ2) is 15.5. The minimum Gasteiger partial charge on any atom is -0.463 e. The number of Topliss-reactive ketones (excluding diaryl/α,β-unsaturated/α-hetero) is 1. The molecule has 0 bridgehead atoms.